The van der Waals surface area contributed by atoms with Gasteiger partial charge in [0.15, 0.2) is 5.03 Å². The van der Waals surface area contributed by atoms with Gasteiger partial charge in [0.05, 0.1) is 57.9 Å². The number of likely N-dealkylation sites (N-methyl/N-ethyl adjacent to an activating group) is 1. The van der Waals surface area contributed by atoms with Crippen molar-refractivity contribution in [1.29, 1.82) is 0 Å². The molecule has 0 aromatic carbocycles. The lowest BCUT2D eigenvalue weighted by molar-refractivity contribution is -0.870. The Bertz CT molecular complexity index is 1700. The van der Waals surface area contributed by atoms with E-state index < -0.39 is 75.2 Å². The summed E-state index contributed by atoms with van der Waals surface area (Å²) in [5.74, 6) is 3.35. The van der Waals surface area contributed by atoms with Gasteiger partial charge in [-0.25, -0.2) is 9.55 Å². The average molecular weight is 810 g/mol. The molecule has 1 heterocycles. The molecule has 1 aromatic heterocycles. The van der Waals surface area contributed by atoms with Crippen molar-refractivity contribution in [3.8, 4) is 37.0 Å². The summed E-state index contributed by atoms with van der Waals surface area (Å²) < 4.78 is 27.8. The van der Waals surface area contributed by atoms with E-state index in [4.69, 9.17) is 33.1 Å². The van der Waals surface area contributed by atoms with E-state index in [9.17, 15) is 43.5 Å². The molecule has 1 aromatic rings. The molecule has 0 aliphatic heterocycles. The Labute approximate surface area is 323 Å². The van der Waals surface area contributed by atoms with E-state index >= 15 is 0 Å². The minimum atomic E-state index is -4.42. The lowest BCUT2D eigenvalue weighted by atomic mass is 10.2. The first-order valence-corrected chi connectivity index (χ1v) is 19.0. The molecular formula is C33H46N8O12PS+. The minimum absolute atomic E-state index is 0.0387. The van der Waals surface area contributed by atoms with Crippen LogP contribution in [0.25, 0.3) is 0 Å². The molecule has 0 aliphatic carbocycles. The van der Waals surface area contributed by atoms with Gasteiger partial charge in [0.1, 0.15) is 39.5 Å². The van der Waals surface area contributed by atoms with Crippen LogP contribution in [-0.4, -0.2) is 176 Å². The summed E-state index contributed by atoms with van der Waals surface area (Å²) in [7, 11) is 1.20. The Hall–Kier alpha value is -5.04. The number of ether oxygens (including phenoxy) is 1. The lowest BCUT2D eigenvalue weighted by Gasteiger charge is -2.28. The van der Waals surface area contributed by atoms with E-state index in [2.05, 4.69) is 33.4 Å². The third-order valence-corrected chi connectivity index (χ3v) is 8.58. The highest BCUT2D eigenvalue weighted by atomic mass is 32.2. The first-order valence-electron chi connectivity index (χ1n) is 16.2. The quantitative estimate of drug-likeness (QED) is 0.0200. The van der Waals surface area contributed by atoms with Crippen LogP contribution < -0.4 is 10.6 Å². The lowest BCUT2D eigenvalue weighted by Crippen LogP contribution is -2.48. The van der Waals surface area contributed by atoms with Crippen LogP contribution >= 0.6 is 19.6 Å². The second kappa shape index (κ2) is 24.4. The number of hydrogen-bond acceptors (Lipinski definition) is 13. The molecule has 0 saturated heterocycles. The number of pyridine rings is 1. The highest BCUT2D eigenvalue weighted by molar-refractivity contribution is 7.98. The van der Waals surface area contributed by atoms with Crippen molar-refractivity contribution in [2.24, 2.45) is 0 Å². The van der Waals surface area contributed by atoms with Crippen molar-refractivity contribution in [2.45, 2.75) is 5.03 Å². The van der Waals surface area contributed by atoms with Crippen molar-refractivity contribution >= 4 is 54.8 Å². The van der Waals surface area contributed by atoms with Crippen molar-refractivity contribution in [1.82, 2.24) is 30.3 Å². The largest absolute Gasteiger partial charge is 0.472 e. The number of amides is 5. The summed E-state index contributed by atoms with van der Waals surface area (Å²) in [5, 5.41) is 16.3. The Morgan fingerprint density at radius 2 is 1.47 bits per heavy atom. The van der Waals surface area contributed by atoms with Crippen LogP contribution in [0, 0.1) is 47.1 Å². The normalized spacial score (nSPS) is 11.8. The molecule has 3 N–H and O–H groups in total. The van der Waals surface area contributed by atoms with Gasteiger partial charge in [0, 0.05) is 31.9 Å². The van der Waals surface area contributed by atoms with Gasteiger partial charge in [0.25, 0.3) is 5.91 Å². The predicted molar refractivity (Wildman–Crippen MR) is 200 cm³/mol. The number of thioether (sulfide) groups is 1. The zero-order chi connectivity index (χ0) is 41.6. The maximum Gasteiger partial charge on any atom is 0.472 e. The van der Waals surface area contributed by atoms with Gasteiger partial charge in [-0.15, -0.1) is 31.0 Å². The van der Waals surface area contributed by atoms with Crippen molar-refractivity contribution in [3.05, 3.63) is 27.9 Å². The molecule has 1 rings (SSSR count). The van der Waals surface area contributed by atoms with Crippen LogP contribution in [0.4, 0.5) is 5.69 Å². The van der Waals surface area contributed by atoms with Crippen molar-refractivity contribution < 1.29 is 56.6 Å². The van der Waals surface area contributed by atoms with Crippen LogP contribution in [0.5, 0.6) is 0 Å². The number of carbonyl (C=O) groups is 5. The van der Waals surface area contributed by atoms with Gasteiger partial charge in [-0.2, -0.15) is 0 Å². The fourth-order valence-corrected chi connectivity index (χ4v) is 5.25. The predicted octanol–water partition coefficient (Wildman–Crippen LogP) is -1.20. The molecule has 0 fully saturated rings. The first-order chi connectivity index (χ1) is 25.9. The number of carbonyl (C=O) groups excluding carboxylic acids is 5. The third kappa shape index (κ3) is 19.2. The van der Waals surface area contributed by atoms with Crippen molar-refractivity contribution in [3.63, 3.8) is 0 Å². The smallest absolute Gasteiger partial charge is 0.362 e. The number of nitrogens with one attached hydrogen (secondary N) is 2. The van der Waals surface area contributed by atoms with E-state index in [0.29, 0.717) is 11.0 Å². The number of phosphoric acid groups is 1. The molecule has 5 amide bonds. The summed E-state index contributed by atoms with van der Waals surface area (Å²) in [6.45, 7) is -3.57. The topological polar surface area (TPSA) is 240 Å². The second-order valence-electron chi connectivity index (χ2n) is 12.2. The molecule has 55 heavy (non-hydrogen) atoms. The Morgan fingerprint density at radius 1 is 0.927 bits per heavy atom. The standard InChI is InChI=1S/C33H45N8O12PS/c1-8-13-37(16-18-52-54(49,50)53-19-17-41(4,5)6)29(43)22-38(14-9-2)30(44)23-39(15-10-3)31(45)25-51-24-28(42)34-11-12-35-32(46)26-20-27(40(47)48)33(55-7)36-21-26/h1-3,20-21H,11-19,22-25H2,4-7H3,(H2-,34,35,42,46,49,50)/p+1. The zero-order valence-corrected chi connectivity index (χ0v) is 32.8. The summed E-state index contributed by atoms with van der Waals surface area (Å²) >= 11 is 1.06. The van der Waals surface area contributed by atoms with E-state index in [-0.39, 0.29) is 62.2 Å². The second-order valence-corrected chi connectivity index (χ2v) is 14.4. The number of nitro groups is 1. The molecule has 20 nitrogen and oxygen atoms in total. The average Bonchev–Trinajstić information content (AvgIpc) is 3.11. The van der Waals surface area contributed by atoms with Crippen LogP contribution in [0.3, 0.4) is 0 Å². The summed E-state index contributed by atoms with van der Waals surface area (Å²) in [6.07, 6.45) is 19.0. The van der Waals surface area contributed by atoms with Gasteiger partial charge < -0.3 is 39.4 Å². The van der Waals surface area contributed by atoms with Crippen molar-refractivity contribution in [2.75, 3.05) is 113 Å². The fraction of sp³-hybridized carbons (Fsp3) is 0.515. The van der Waals surface area contributed by atoms with E-state index in [0.717, 1.165) is 32.5 Å². The molecule has 0 radical (unpaired) electrons. The molecule has 0 spiro atoms. The van der Waals surface area contributed by atoms with Gasteiger partial charge >= 0.3 is 13.5 Å². The highest BCUT2D eigenvalue weighted by Crippen LogP contribution is 2.42. The van der Waals surface area contributed by atoms with Gasteiger partial charge in [-0.3, -0.25) is 43.1 Å². The SMILES string of the molecule is C#CCN(CCOP(=O)(O)OCC[N+](C)(C)C)C(=O)CN(CC#C)C(=O)CN(CC#C)C(=O)COCC(=O)NCCNC(=O)c1cnc(SC)c([N+](=O)[O-])c1. The fourth-order valence-electron chi connectivity index (χ4n) is 4.05. The number of terminal acetylenes is 3. The molecule has 1 unspecified atom stereocenters. The van der Waals surface area contributed by atoms with Crippen LogP contribution in [0.1, 0.15) is 10.4 Å². The minimum Gasteiger partial charge on any atom is -0.362 e. The number of quaternary nitrogens is 1. The molecular weight excluding hydrogens is 763 g/mol. The number of phosphoric ester groups is 1. The Morgan fingerprint density at radius 3 is 2.04 bits per heavy atom. The number of rotatable bonds is 25. The maximum absolute atomic E-state index is 13.2. The monoisotopic (exact) mass is 809 g/mol. The number of nitrogens with zero attached hydrogens (tertiary/aromatic N) is 6. The maximum atomic E-state index is 13.2. The number of aromatic nitrogens is 1. The Balaban J connectivity index is 2.64. The van der Waals surface area contributed by atoms with Crippen LogP contribution in [0.2, 0.25) is 0 Å². The van der Waals surface area contributed by atoms with Gasteiger partial charge in [-0.05, 0) is 6.26 Å². The molecule has 1 atom stereocenters. The van der Waals surface area contributed by atoms with Gasteiger partial charge in [-0.1, -0.05) is 17.8 Å². The Kier molecular flexibility index (Phi) is 21.3. The molecule has 22 heteroatoms. The molecule has 0 aliphatic rings. The van der Waals surface area contributed by atoms with E-state index in [1.807, 2.05) is 21.1 Å². The summed E-state index contributed by atoms with van der Waals surface area (Å²) in [5.41, 5.74) is -0.355. The molecule has 0 bridgehead atoms. The van der Waals surface area contributed by atoms with E-state index in [1.165, 1.54) is 6.20 Å². The highest BCUT2D eigenvalue weighted by Gasteiger charge is 2.27. The van der Waals surface area contributed by atoms with Crippen LogP contribution in [-0.2, 0) is 37.5 Å². The van der Waals surface area contributed by atoms with E-state index in [1.54, 1.807) is 6.26 Å². The summed E-state index contributed by atoms with van der Waals surface area (Å²) in [4.78, 5) is 91.1. The molecule has 0 saturated carbocycles. The van der Waals surface area contributed by atoms with Gasteiger partial charge in [0.2, 0.25) is 23.6 Å². The summed E-state index contributed by atoms with van der Waals surface area (Å²) in [6, 6.07) is 1.10. The van der Waals surface area contributed by atoms with Crippen LogP contribution in [0.15, 0.2) is 17.3 Å². The number of hydrogen-bond donors (Lipinski definition) is 3. The molecule has 300 valence electrons. The zero-order valence-electron chi connectivity index (χ0n) is 31.1. The first kappa shape index (κ1) is 48.0. The third-order valence-electron chi connectivity index (χ3n) is 6.86.